The van der Waals surface area contributed by atoms with Crippen LogP contribution in [0.2, 0.25) is 10.0 Å². The number of carbonyl (C=O) groups is 1. The molecule has 2 N–H and O–H groups in total. The van der Waals surface area contributed by atoms with Gasteiger partial charge >= 0.3 is 5.97 Å². The second-order valence-corrected chi connectivity index (χ2v) is 8.41. The smallest absolute Gasteiger partial charge is 0.303 e. The fraction of sp³-hybridized carbons (Fsp3) is 0.273. The Balaban J connectivity index is 1.48. The maximum absolute atomic E-state index is 10.9. The molecule has 7 nitrogen and oxygen atoms in total. The molecular formula is C22H19Cl2N3O4. The van der Waals surface area contributed by atoms with E-state index in [9.17, 15) is 4.79 Å². The molecule has 31 heavy (non-hydrogen) atoms. The van der Waals surface area contributed by atoms with Gasteiger partial charge in [0, 0.05) is 11.4 Å². The van der Waals surface area contributed by atoms with Crippen LogP contribution in [0.3, 0.4) is 0 Å². The topological polar surface area (TPSA) is 85.6 Å². The van der Waals surface area contributed by atoms with Crippen LogP contribution in [0.4, 0.5) is 5.82 Å². The van der Waals surface area contributed by atoms with Gasteiger partial charge in [0.2, 0.25) is 6.79 Å². The third-order valence-electron chi connectivity index (χ3n) is 5.67. The number of nitrogens with one attached hydrogen (secondary N) is 1. The molecule has 3 aromatic rings. The fourth-order valence-corrected chi connectivity index (χ4v) is 4.64. The van der Waals surface area contributed by atoms with Crippen molar-refractivity contribution in [2.45, 2.75) is 31.3 Å². The van der Waals surface area contributed by atoms with Gasteiger partial charge in [-0.3, -0.25) is 4.79 Å². The van der Waals surface area contributed by atoms with Crippen molar-refractivity contribution >= 4 is 35.0 Å². The Bertz CT molecular complexity index is 1160. The first kappa shape index (κ1) is 20.0. The molecule has 2 aliphatic rings. The highest BCUT2D eigenvalue weighted by Gasteiger charge is 2.32. The molecule has 3 heterocycles. The lowest BCUT2D eigenvalue weighted by Gasteiger charge is -2.33. The monoisotopic (exact) mass is 459 g/mol. The number of nitrogens with zero attached hydrogens (tertiary/aromatic N) is 2. The first-order chi connectivity index (χ1) is 15.0. The van der Waals surface area contributed by atoms with Crippen molar-refractivity contribution in [3.63, 3.8) is 0 Å². The Labute approximate surface area is 188 Å². The molecule has 160 valence electrons. The van der Waals surface area contributed by atoms with E-state index in [4.69, 9.17) is 37.8 Å². The normalized spacial score (nSPS) is 19.0. The number of rotatable bonds is 5. The summed E-state index contributed by atoms with van der Waals surface area (Å²) < 4.78 is 12.9. The molecular weight excluding hydrogens is 441 g/mol. The van der Waals surface area contributed by atoms with Gasteiger partial charge in [-0.25, -0.2) is 4.68 Å². The summed E-state index contributed by atoms with van der Waals surface area (Å²) in [6.07, 6.45) is 2.83. The summed E-state index contributed by atoms with van der Waals surface area (Å²) in [5.74, 6) is 1.34. The van der Waals surface area contributed by atoms with Crippen molar-refractivity contribution < 1.29 is 19.4 Å². The zero-order chi connectivity index (χ0) is 21.5. The Morgan fingerprint density at radius 2 is 2.00 bits per heavy atom. The van der Waals surface area contributed by atoms with Gasteiger partial charge in [-0.15, -0.1) is 0 Å². The quantitative estimate of drug-likeness (QED) is 0.552. The van der Waals surface area contributed by atoms with E-state index in [0.717, 1.165) is 28.3 Å². The lowest BCUT2D eigenvalue weighted by molar-refractivity contribution is -0.136. The SMILES string of the molecule is O=C(O)CCc1ccc([C@H]2C[C@@H](c3ccc4c(c3)OCO4)n3ncc(Cl)c3N2)c(Cl)c1. The molecule has 2 atom stereocenters. The number of fused-ring (bicyclic) bond motifs is 2. The van der Waals surface area contributed by atoms with Crippen LogP contribution in [-0.2, 0) is 11.2 Å². The summed E-state index contributed by atoms with van der Waals surface area (Å²) in [5, 5.41) is 18.0. The lowest BCUT2D eigenvalue weighted by Crippen LogP contribution is -2.28. The molecule has 9 heteroatoms. The van der Waals surface area contributed by atoms with Crippen LogP contribution < -0.4 is 14.8 Å². The van der Waals surface area contributed by atoms with E-state index in [-0.39, 0.29) is 25.3 Å². The minimum Gasteiger partial charge on any atom is -0.481 e. The van der Waals surface area contributed by atoms with Crippen LogP contribution in [0.25, 0.3) is 0 Å². The standard InChI is InChI=1S/C22H19Cl2N3O4/c23-15-7-12(2-6-21(28)29)1-4-14(15)17-9-18(27-22(26-17)16(24)10-25-27)13-3-5-19-20(8-13)31-11-30-19/h1,3-5,7-8,10,17-18,26H,2,6,9,11H2,(H,28,29)/t17-,18+/m1/s1. The zero-order valence-corrected chi connectivity index (χ0v) is 17.9. The number of hydrogen-bond acceptors (Lipinski definition) is 5. The van der Waals surface area contributed by atoms with E-state index >= 15 is 0 Å². The molecule has 0 radical (unpaired) electrons. The molecule has 2 aromatic carbocycles. The van der Waals surface area contributed by atoms with Crippen LogP contribution >= 0.6 is 23.2 Å². The van der Waals surface area contributed by atoms with Crippen LogP contribution in [0.5, 0.6) is 11.5 Å². The molecule has 1 aromatic heterocycles. The molecule has 0 amide bonds. The van der Waals surface area contributed by atoms with Gasteiger partial charge in [-0.05, 0) is 47.7 Å². The average molecular weight is 460 g/mol. The number of benzene rings is 2. The Morgan fingerprint density at radius 1 is 1.16 bits per heavy atom. The Morgan fingerprint density at radius 3 is 2.81 bits per heavy atom. The van der Waals surface area contributed by atoms with Crippen molar-refractivity contribution in [2.75, 3.05) is 12.1 Å². The number of carboxylic acid groups (broad SMARTS) is 1. The van der Waals surface area contributed by atoms with E-state index in [1.807, 2.05) is 41.1 Å². The van der Waals surface area contributed by atoms with Crippen LogP contribution in [0.15, 0.2) is 42.6 Å². The molecule has 0 unspecified atom stereocenters. The van der Waals surface area contributed by atoms with Gasteiger partial charge in [-0.1, -0.05) is 41.4 Å². The molecule has 0 fully saturated rings. The number of aryl methyl sites for hydroxylation is 1. The highest BCUT2D eigenvalue weighted by molar-refractivity contribution is 6.33. The molecule has 0 aliphatic carbocycles. The molecule has 0 saturated heterocycles. The average Bonchev–Trinajstić information content (AvgIpc) is 3.38. The van der Waals surface area contributed by atoms with Crippen LogP contribution in [0, 0.1) is 0 Å². The number of ether oxygens (including phenoxy) is 2. The van der Waals surface area contributed by atoms with Gasteiger partial charge in [-0.2, -0.15) is 5.10 Å². The Kier molecular flexibility index (Phi) is 5.16. The number of halogens is 2. The van der Waals surface area contributed by atoms with Crippen LogP contribution in [0.1, 0.15) is 41.6 Å². The highest BCUT2D eigenvalue weighted by atomic mass is 35.5. The van der Waals surface area contributed by atoms with Crippen molar-refractivity contribution in [3.8, 4) is 11.5 Å². The minimum atomic E-state index is -0.830. The fourth-order valence-electron chi connectivity index (χ4n) is 4.12. The van der Waals surface area contributed by atoms with Gasteiger partial charge in [0.15, 0.2) is 11.5 Å². The van der Waals surface area contributed by atoms with Crippen molar-refractivity contribution in [1.29, 1.82) is 0 Å². The van der Waals surface area contributed by atoms with E-state index in [0.29, 0.717) is 28.6 Å². The summed E-state index contributed by atoms with van der Waals surface area (Å²) in [6.45, 7) is 0.219. The van der Waals surface area contributed by atoms with Crippen molar-refractivity contribution in [2.24, 2.45) is 0 Å². The largest absolute Gasteiger partial charge is 0.481 e. The van der Waals surface area contributed by atoms with E-state index in [2.05, 4.69) is 10.4 Å². The first-order valence-electron chi connectivity index (χ1n) is 9.89. The molecule has 0 spiro atoms. The third kappa shape index (κ3) is 3.79. The number of carboxylic acids is 1. The molecule has 5 rings (SSSR count). The van der Waals surface area contributed by atoms with E-state index < -0.39 is 5.97 Å². The Hall–Kier alpha value is -2.90. The minimum absolute atomic E-state index is 0.0678. The second kappa shape index (κ2) is 7.98. The van der Waals surface area contributed by atoms with Gasteiger partial charge in [0.05, 0.1) is 18.3 Å². The van der Waals surface area contributed by atoms with Crippen molar-refractivity contribution in [1.82, 2.24) is 9.78 Å². The maximum Gasteiger partial charge on any atom is 0.303 e. The number of anilines is 1. The first-order valence-corrected chi connectivity index (χ1v) is 10.6. The van der Waals surface area contributed by atoms with Gasteiger partial charge in [0.25, 0.3) is 0 Å². The number of aliphatic carboxylic acids is 1. The summed E-state index contributed by atoms with van der Waals surface area (Å²) in [6, 6.07) is 11.4. The highest BCUT2D eigenvalue weighted by Crippen LogP contribution is 2.44. The molecule has 2 aliphatic heterocycles. The summed E-state index contributed by atoms with van der Waals surface area (Å²) in [5.41, 5.74) is 2.85. The zero-order valence-electron chi connectivity index (χ0n) is 16.3. The third-order valence-corrected chi connectivity index (χ3v) is 6.27. The van der Waals surface area contributed by atoms with Crippen LogP contribution in [-0.4, -0.2) is 27.6 Å². The number of aromatic nitrogens is 2. The maximum atomic E-state index is 10.9. The second-order valence-electron chi connectivity index (χ2n) is 7.60. The lowest BCUT2D eigenvalue weighted by atomic mass is 9.92. The predicted molar refractivity (Wildman–Crippen MR) is 116 cm³/mol. The summed E-state index contributed by atoms with van der Waals surface area (Å²) in [7, 11) is 0. The number of hydrogen-bond donors (Lipinski definition) is 2. The summed E-state index contributed by atoms with van der Waals surface area (Å²) >= 11 is 13.0. The summed E-state index contributed by atoms with van der Waals surface area (Å²) in [4.78, 5) is 10.9. The van der Waals surface area contributed by atoms with Gasteiger partial charge in [0.1, 0.15) is 10.8 Å². The predicted octanol–water partition coefficient (Wildman–Crippen LogP) is 5.08. The van der Waals surface area contributed by atoms with Crippen molar-refractivity contribution in [3.05, 3.63) is 69.3 Å². The molecule has 0 bridgehead atoms. The molecule has 0 saturated carbocycles. The van der Waals surface area contributed by atoms with E-state index in [1.165, 1.54) is 0 Å². The van der Waals surface area contributed by atoms with Gasteiger partial charge < -0.3 is 19.9 Å². The van der Waals surface area contributed by atoms with E-state index in [1.54, 1.807) is 6.20 Å².